The molecule has 1 aliphatic rings. The van der Waals surface area contributed by atoms with Crippen LogP contribution in [0, 0.1) is 0 Å². The van der Waals surface area contributed by atoms with Gasteiger partial charge in [-0.15, -0.1) is 0 Å². The number of hydrogen-bond acceptors (Lipinski definition) is 3. The summed E-state index contributed by atoms with van der Waals surface area (Å²) in [6, 6.07) is 5.55. The van der Waals surface area contributed by atoms with Crippen molar-refractivity contribution < 1.29 is 14.3 Å². The zero-order valence-corrected chi connectivity index (χ0v) is 14.1. The van der Waals surface area contributed by atoms with E-state index in [9.17, 15) is 4.79 Å². The van der Waals surface area contributed by atoms with Crippen LogP contribution in [0.15, 0.2) is 30.4 Å². The van der Waals surface area contributed by atoms with E-state index in [4.69, 9.17) is 21.1 Å². The van der Waals surface area contributed by atoms with Gasteiger partial charge in [0.25, 0.3) is 0 Å². The van der Waals surface area contributed by atoms with Gasteiger partial charge in [0.15, 0.2) is 0 Å². The van der Waals surface area contributed by atoms with Gasteiger partial charge in [-0.05, 0) is 50.8 Å². The van der Waals surface area contributed by atoms with Crippen molar-refractivity contribution in [2.75, 3.05) is 7.11 Å². The van der Waals surface area contributed by atoms with Crippen LogP contribution < -0.4 is 9.47 Å². The van der Waals surface area contributed by atoms with Gasteiger partial charge in [0.2, 0.25) is 0 Å². The molecule has 0 bridgehead atoms. The van der Waals surface area contributed by atoms with E-state index in [-0.39, 0.29) is 0 Å². The van der Waals surface area contributed by atoms with Crippen molar-refractivity contribution >= 4 is 28.3 Å². The van der Waals surface area contributed by atoms with Gasteiger partial charge in [-0.3, -0.25) is 0 Å². The molecule has 0 aromatic heterocycles. The molecule has 2 aromatic carbocycles. The predicted molar refractivity (Wildman–Crippen MR) is 92.6 cm³/mol. The van der Waals surface area contributed by atoms with Crippen molar-refractivity contribution in [3.05, 3.63) is 46.5 Å². The normalized spacial score (nSPS) is 13.5. The lowest BCUT2D eigenvalue weighted by molar-refractivity contribution is -0.130. The van der Waals surface area contributed by atoms with Gasteiger partial charge < -0.3 is 9.47 Å². The average molecular weight is 331 g/mol. The smallest absolute Gasteiger partial charge is 0.338 e. The SMILES string of the molecule is C=C(C)C(=O)Oc1c2c(c(OC)c3cc(Cl)ccc13)CCCC2. The minimum Gasteiger partial charge on any atom is -0.496 e. The lowest BCUT2D eigenvalue weighted by Crippen LogP contribution is -2.14. The summed E-state index contributed by atoms with van der Waals surface area (Å²) >= 11 is 6.16. The maximum absolute atomic E-state index is 12.1. The molecule has 0 aliphatic heterocycles. The molecule has 2 aromatic rings. The summed E-state index contributed by atoms with van der Waals surface area (Å²) in [5.74, 6) is 1.06. The first-order valence-electron chi connectivity index (χ1n) is 7.71. The highest BCUT2D eigenvalue weighted by Gasteiger charge is 2.25. The molecule has 0 N–H and O–H groups in total. The quantitative estimate of drug-likeness (QED) is 0.458. The van der Waals surface area contributed by atoms with E-state index in [0.29, 0.717) is 16.3 Å². The molecule has 120 valence electrons. The van der Waals surface area contributed by atoms with E-state index in [1.807, 2.05) is 12.1 Å². The molecule has 0 saturated carbocycles. The molecule has 0 saturated heterocycles. The van der Waals surface area contributed by atoms with Crippen molar-refractivity contribution in [1.29, 1.82) is 0 Å². The Morgan fingerprint density at radius 2 is 1.78 bits per heavy atom. The zero-order valence-electron chi connectivity index (χ0n) is 13.4. The van der Waals surface area contributed by atoms with Crippen LogP contribution in [0.5, 0.6) is 11.5 Å². The van der Waals surface area contributed by atoms with Crippen molar-refractivity contribution in [3.63, 3.8) is 0 Å². The topological polar surface area (TPSA) is 35.5 Å². The van der Waals surface area contributed by atoms with E-state index in [1.165, 1.54) is 0 Å². The van der Waals surface area contributed by atoms with Gasteiger partial charge in [0, 0.05) is 32.5 Å². The minimum atomic E-state index is -0.404. The van der Waals surface area contributed by atoms with Crippen LogP contribution in [0.4, 0.5) is 0 Å². The summed E-state index contributed by atoms with van der Waals surface area (Å²) in [5, 5.41) is 2.36. The molecule has 0 unspecified atom stereocenters. The summed E-state index contributed by atoms with van der Waals surface area (Å²) in [6.45, 7) is 5.32. The highest BCUT2D eigenvalue weighted by Crippen LogP contribution is 2.44. The van der Waals surface area contributed by atoms with Gasteiger partial charge in [-0.25, -0.2) is 4.79 Å². The fraction of sp³-hybridized carbons (Fsp3) is 0.316. The van der Waals surface area contributed by atoms with E-state index in [1.54, 1.807) is 20.1 Å². The molecule has 0 atom stereocenters. The fourth-order valence-electron chi connectivity index (χ4n) is 3.16. The number of ether oxygens (including phenoxy) is 2. The van der Waals surface area contributed by atoms with Crippen molar-refractivity contribution in [2.45, 2.75) is 32.6 Å². The third kappa shape index (κ3) is 2.81. The third-order valence-corrected chi connectivity index (χ3v) is 4.47. The second-order valence-electron chi connectivity index (χ2n) is 5.89. The van der Waals surface area contributed by atoms with Crippen LogP contribution in [0.2, 0.25) is 5.02 Å². The highest BCUT2D eigenvalue weighted by molar-refractivity contribution is 6.31. The van der Waals surface area contributed by atoms with Crippen molar-refractivity contribution in [1.82, 2.24) is 0 Å². The molecule has 0 radical (unpaired) electrons. The molecule has 0 spiro atoms. The summed E-state index contributed by atoms with van der Waals surface area (Å²) in [6.07, 6.45) is 3.97. The van der Waals surface area contributed by atoms with Crippen LogP contribution in [0.25, 0.3) is 10.8 Å². The lowest BCUT2D eigenvalue weighted by Gasteiger charge is -2.24. The van der Waals surface area contributed by atoms with Crippen LogP contribution in [-0.2, 0) is 17.6 Å². The van der Waals surface area contributed by atoms with Gasteiger partial charge in [0.1, 0.15) is 11.5 Å². The van der Waals surface area contributed by atoms with Crippen LogP contribution in [-0.4, -0.2) is 13.1 Å². The summed E-state index contributed by atoms with van der Waals surface area (Å²) < 4.78 is 11.4. The lowest BCUT2D eigenvalue weighted by atomic mass is 9.87. The summed E-state index contributed by atoms with van der Waals surface area (Å²) in [5.41, 5.74) is 2.57. The molecule has 0 amide bonds. The first-order chi connectivity index (χ1) is 11.0. The minimum absolute atomic E-state index is 0.382. The van der Waals surface area contributed by atoms with Gasteiger partial charge in [-0.1, -0.05) is 18.2 Å². The predicted octanol–water partition coefficient (Wildman–Crippen LogP) is 4.86. The molecule has 0 heterocycles. The van der Waals surface area contributed by atoms with E-state index in [2.05, 4.69) is 6.58 Å². The van der Waals surface area contributed by atoms with Crippen LogP contribution in [0.1, 0.15) is 30.9 Å². The molecule has 4 heteroatoms. The van der Waals surface area contributed by atoms with Crippen LogP contribution in [0.3, 0.4) is 0 Å². The Morgan fingerprint density at radius 3 is 2.39 bits per heavy atom. The largest absolute Gasteiger partial charge is 0.496 e. The molecular formula is C19H19ClO3. The second-order valence-corrected chi connectivity index (χ2v) is 6.32. The fourth-order valence-corrected chi connectivity index (χ4v) is 3.34. The Hall–Kier alpha value is -2.00. The van der Waals surface area contributed by atoms with E-state index in [0.717, 1.165) is 53.3 Å². The molecule has 1 aliphatic carbocycles. The number of carbonyl (C=O) groups is 1. The average Bonchev–Trinajstić information content (AvgIpc) is 2.54. The van der Waals surface area contributed by atoms with E-state index < -0.39 is 5.97 Å². The Bertz CT molecular complexity index is 808. The Labute approximate surface area is 140 Å². The maximum atomic E-state index is 12.1. The van der Waals surface area contributed by atoms with Crippen molar-refractivity contribution in [2.24, 2.45) is 0 Å². The highest BCUT2D eigenvalue weighted by atomic mass is 35.5. The first-order valence-corrected chi connectivity index (χ1v) is 8.09. The first kappa shape index (κ1) is 15.9. The molecule has 23 heavy (non-hydrogen) atoms. The van der Waals surface area contributed by atoms with Crippen LogP contribution >= 0.6 is 11.6 Å². The summed E-state index contributed by atoms with van der Waals surface area (Å²) in [4.78, 5) is 12.1. The third-order valence-electron chi connectivity index (χ3n) is 4.23. The Morgan fingerprint density at radius 1 is 1.13 bits per heavy atom. The number of carbonyl (C=O) groups excluding carboxylic acids is 1. The number of rotatable bonds is 3. The summed E-state index contributed by atoms with van der Waals surface area (Å²) in [7, 11) is 1.67. The number of halogens is 1. The second kappa shape index (κ2) is 6.25. The molecule has 3 rings (SSSR count). The Kier molecular flexibility index (Phi) is 4.31. The van der Waals surface area contributed by atoms with Gasteiger partial charge in [0.05, 0.1) is 7.11 Å². The van der Waals surface area contributed by atoms with Gasteiger partial charge in [-0.2, -0.15) is 0 Å². The number of methoxy groups -OCH3 is 1. The monoisotopic (exact) mass is 330 g/mol. The number of hydrogen-bond donors (Lipinski definition) is 0. The van der Waals surface area contributed by atoms with Gasteiger partial charge >= 0.3 is 5.97 Å². The number of esters is 1. The van der Waals surface area contributed by atoms with Crippen molar-refractivity contribution in [3.8, 4) is 11.5 Å². The molecular weight excluding hydrogens is 312 g/mol. The molecule has 3 nitrogen and oxygen atoms in total. The molecule has 0 fully saturated rings. The maximum Gasteiger partial charge on any atom is 0.338 e. The number of benzene rings is 2. The number of fused-ring (bicyclic) bond motifs is 2. The zero-order chi connectivity index (χ0) is 16.6. The Balaban J connectivity index is 2.32. The van der Waals surface area contributed by atoms with E-state index >= 15 is 0 Å². The standard InChI is InChI=1S/C19H19ClO3/c1-11(2)19(21)23-18-14-7-5-4-6-13(14)17(22-3)16-10-12(20)8-9-15(16)18/h8-10H,1,4-7H2,2-3H3.